The molecule has 2 aromatic carbocycles. The molecule has 2 aromatic rings. The molecule has 1 heterocycles. The van der Waals surface area contributed by atoms with Gasteiger partial charge in [-0.15, -0.1) is 0 Å². The highest BCUT2D eigenvalue weighted by atomic mass is 35.5. The van der Waals surface area contributed by atoms with Crippen molar-refractivity contribution in [2.75, 3.05) is 46.6 Å². The highest BCUT2D eigenvalue weighted by Crippen LogP contribution is 2.38. The molecule has 10 heteroatoms. The van der Waals surface area contributed by atoms with Gasteiger partial charge in [-0.3, -0.25) is 0 Å². The van der Waals surface area contributed by atoms with Crippen LogP contribution in [0.1, 0.15) is 36.5 Å². The third-order valence-corrected chi connectivity index (χ3v) is 8.15. The minimum absolute atomic E-state index is 0.0427. The van der Waals surface area contributed by atoms with E-state index in [-0.39, 0.29) is 29.4 Å². The summed E-state index contributed by atoms with van der Waals surface area (Å²) in [5.74, 6) is -0.00563. The summed E-state index contributed by atoms with van der Waals surface area (Å²) in [5, 5.41) is 1.20. The maximum Gasteiger partial charge on any atom is 0.240 e. The number of hydrogen-bond acceptors (Lipinski definition) is 6. The van der Waals surface area contributed by atoms with Gasteiger partial charge in [-0.25, -0.2) is 13.1 Å². The van der Waals surface area contributed by atoms with Crippen molar-refractivity contribution in [3.63, 3.8) is 0 Å². The van der Waals surface area contributed by atoms with E-state index in [0.29, 0.717) is 43.0 Å². The minimum Gasteiger partial charge on any atom is -0.378 e. The summed E-state index contributed by atoms with van der Waals surface area (Å²) >= 11 is 12.8. The Labute approximate surface area is 218 Å². The van der Waals surface area contributed by atoms with Crippen molar-refractivity contribution in [1.82, 2.24) is 9.62 Å². The van der Waals surface area contributed by atoms with E-state index in [9.17, 15) is 8.42 Å². The summed E-state index contributed by atoms with van der Waals surface area (Å²) in [4.78, 5) is 2.39. The van der Waals surface area contributed by atoms with Crippen LogP contribution in [0.3, 0.4) is 0 Å². The number of fused-ring (bicyclic) bond motifs is 1. The van der Waals surface area contributed by atoms with Crippen molar-refractivity contribution in [2.24, 2.45) is 11.7 Å². The van der Waals surface area contributed by atoms with Crippen LogP contribution in [0, 0.1) is 5.92 Å². The Balaban J connectivity index is 1.79. The minimum atomic E-state index is -3.77. The fourth-order valence-corrected chi connectivity index (χ4v) is 6.17. The third-order valence-electron chi connectivity index (χ3n) is 6.11. The number of nitrogens with zero attached hydrogens (tertiary/aromatic N) is 1. The molecule has 7 nitrogen and oxygen atoms in total. The standard InChI is InChI=1S/C25H35Cl2N3O4S/c1-17(2)25(16-34-10-9-33-8-7-28)29-35(31,32)20-6-4-5-18(11-20)22-14-30(3)15-23-21(22)12-19(26)13-24(23)27/h4-6,11-13,17,22,25,29H,7-10,14-16,28H2,1-3H3/t22-,25?/m0/s1. The molecule has 0 aliphatic carbocycles. The maximum absolute atomic E-state index is 13.3. The normalized spacial score (nSPS) is 17.5. The van der Waals surface area contributed by atoms with E-state index in [0.717, 1.165) is 23.2 Å². The van der Waals surface area contributed by atoms with Crippen LogP contribution in [-0.4, -0.2) is 65.9 Å². The van der Waals surface area contributed by atoms with Crippen LogP contribution in [-0.2, 0) is 26.0 Å². The first-order valence-electron chi connectivity index (χ1n) is 11.8. The Morgan fingerprint density at radius 1 is 1.14 bits per heavy atom. The summed E-state index contributed by atoms with van der Waals surface area (Å²) in [5.41, 5.74) is 8.36. The second-order valence-electron chi connectivity index (χ2n) is 9.22. The number of nitrogens with two attached hydrogens (primary N) is 1. The summed E-state index contributed by atoms with van der Waals surface area (Å²) in [6.07, 6.45) is 0. The van der Waals surface area contributed by atoms with Gasteiger partial charge in [0.1, 0.15) is 0 Å². The van der Waals surface area contributed by atoms with Crippen molar-refractivity contribution in [3.8, 4) is 0 Å². The molecule has 2 atom stereocenters. The van der Waals surface area contributed by atoms with Gasteiger partial charge in [0.2, 0.25) is 10.0 Å². The van der Waals surface area contributed by atoms with Gasteiger partial charge in [0.05, 0.1) is 31.3 Å². The first-order chi connectivity index (χ1) is 16.6. The Morgan fingerprint density at radius 3 is 2.60 bits per heavy atom. The number of benzene rings is 2. The van der Waals surface area contributed by atoms with Gasteiger partial charge < -0.3 is 20.1 Å². The van der Waals surface area contributed by atoms with Gasteiger partial charge in [0, 0.05) is 41.6 Å². The molecular formula is C25H35Cl2N3O4S. The predicted octanol–water partition coefficient (Wildman–Crippen LogP) is 3.87. The molecular weight excluding hydrogens is 509 g/mol. The second-order valence-corrected chi connectivity index (χ2v) is 11.8. The molecule has 0 fully saturated rings. The first kappa shape index (κ1) is 28.3. The summed E-state index contributed by atoms with van der Waals surface area (Å²) < 4.78 is 40.4. The molecule has 35 heavy (non-hydrogen) atoms. The molecule has 0 saturated carbocycles. The maximum atomic E-state index is 13.3. The number of halogens is 2. The van der Waals surface area contributed by atoms with Gasteiger partial charge in [0.25, 0.3) is 0 Å². The van der Waals surface area contributed by atoms with Gasteiger partial charge in [-0.1, -0.05) is 49.2 Å². The van der Waals surface area contributed by atoms with Crippen molar-refractivity contribution in [1.29, 1.82) is 0 Å². The zero-order valence-corrected chi connectivity index (χ0v) is 22.8. The molecule has 0 amide bonds. The molecule has 3 rings (SSSR count). The highest BCUT2D eigenvalue weighted by Gasteiger charge is 2.29. The lowest BCUT2D eigenvalue weighted by molar-refractivity contribution is 0.0393. The van der Waals surface area contributed by atoms with Gasteiger partial charge in [-0.2, -0.15) is 0 Å². The molecule has 1 aliphatic heterocycles. The molecule has 1 unspecified atom stereocenters. The lowest BCUT2D eigenvalue weighted by Crippen LogP contribution is -2.42. The Morgan fingerprint density at radius 2 is 1.89 bits per heavy atom. The average molecular weight is 545 g/mol. The van der Waals surface area contributed by atoms with Crippen molar-refractivity contribution >= 4 is 33.2 Å². The van der Waals surface area contributed by atoms with Crippen LogP contribution in [0.25, 0.3) is 0 Å². The van der Waals surface area contributed by atoms with Crippen molar-refractivity contribution < 1.29 is 17.9 Å². The van der Waals surface area contributed by atoms with Crippen LogP contribution in [0.4, 0.5) is 0 Å². The fraction of sp³-hybridized carbons (Fsp3) is 0.520. The molecule has 3 N–H and O–H groups in total. The second kappa shape index (κ2) is 12.8. The molecule has 1 aliphatic rings. The van der Waals surface area contributed by atoms with Crippen LogP contribution >= 0.6 is 23.2 Å². The zero-order chi connectivity index (χ0) is 25.6. The van der Waals surface area contributed by atoms with Crippen molar-refractivity contribution in [2.45, 2.75) is 37.2 Å². The lowest BCUT2D eigenvalue weighted by atomic mass is 9.85. The van der Waals surface area contributed by atoms with Crippen LogP contribution in [0.15, 0.2) is 41.3 Å². The number of nitrogens with one attached hydrogen (secondary N) is 1. The van der Waals surface area contributed by atoms with Crippen LogP contribution in [0.5, 0.6) is 0 Å². The zero-order valence-electron chi connectivity index (χ0n) is 20.5. The smallest absolute Gasteiger partial charge is 0.240 e. The largest absolute Gasteiger partial charge is 0.378 e. The number of ether oxygens (including phenoxy) is 2. The van der Waals surface area contributed by atoms with E-state index in [1.165, 1.54) is 0 Å². The molecule has 0 spiro atoms. The Bertz CT molecular complexity index is 1100. The predicted molar refractivity (Wildman–Crippen MR) is 141 cm³/mol. The molecule has 194 valence electrons. The van der Waals surface area contributed by atoms with E-state index in [4.69, 9.17) is 38.4 Å². The Kier molecular flexibility index (Phi) is 10.4. The van der Waals surface area contributed by atoms with E-state index in [1.54, 1.807) is 24.3 Å². The van der Waals surface area contributed by atoms with E-state index >= 15 is 0 Å². The summed E-state index contributed by atoms with van der Waals surface area (Å²) in [6, 6.07) is 10.4. The number of hydrogen-bond donors (Lipinski definition) is 2. The number of rotatable bonds is 12. The number of sulfonamides is 1. The summed E-state index contributed by atoms with van der Waals surface area (Å²) in [6.45, 7) is 7.34. The summed E-state index contributed by atoms with van der Waals surface area (Å²) in [7, 11) is -1.74. The number of likely N-dealkylation sites (N-methyl/N-ethyl adjacent to an activating group) is 1. The lowest BCUT2D eigenvalue weighted by Gasteiger charge is -2.33. The quantitative estimate of drug-likeness (QED) is 0.394. The SMILES string of the molecule is CC(C)C(COCCOCCN)NS(=O)(=O)c1cccc([C@@H]2CN(C)Cc3c(Cl)cc(Cl)cc32)c1. The molecule has 0 radical (unpaired) electrons. The van der Waals surface area contributed by atoms with E-state index in [1.807, 2.05) is 33.0 Å². The Hall–Kier alpha value is -1.23. The molecule has 0 saturated heterocycles. The average Bonchev–Trinajstić information content (AvgIpc) is 2.80. The molecule has 0 bridgehead atoms. The van der Waals surface area contributed by atoms with Gasteiger partial charge in [0.15, 0.2) is 0 Å². The van der Waals surface area contributed by atoms with E-state index in [2.05, 4.69) is 9.62 Å². The van der Waals surface area contributed by atoms with Crippen LogP contribution < -0.4 is 10.5 Å². The van der Waals surface area contributed by atoms with Crippen LogP contribution in [0.2, 0.25) is 10.0 Å². The third kappa shape index (κ3) is 7.63. The van der Waals surface area contributed by atoms with Gasteiger partial charge >= 0.3 is 0 Å². The topological polar surface area (TPSA) is 93.9 Å². The van der Waals surface area contributed by atoms with E-state index < -0.39 is 10.0 Å². The first-order valence-corrected chi connectivity index (χ1v) is 14.0. The molecule has 0 aromatic heterocycles. The highest BCUT2D eigenvalue weighted by molar-refractivity contribution is 7.89. The van der Waals surface area contributed by atoms with Gasteiger partial charge in [-0.05, 0) is 53.9 Å². The van der Waals surface area contributed by atoms with Crippen molar-refractivity contribution in [3.05, 3.63) is 63.1 Å². The fourth-order valence-electron chi connectivity index (χ4n) is 4.17. The monoisotopic (exact) mass is 543 g/mol.